The van der Waals surface area contributed by atoms with Crippen LogP contribution in [0.3, 0.4) is 0 Å². The van der Waals surface area contributed by atoms with E-state index in [1.807, 2.05) is 18.8 Å². The highest BCUT2D eigenvalue weighted by Crippen LogP contribution is 2.33. The van der Waals surface area contributed by atoms with Crippen LogP contribution in [0.1, 0.15) is 23.2 Å². The second-order valence-corrected chi connectivity index (χ2v) is 5.89. The van der Waals surface area contributed by atoms with Gasteiger partial charge in [-0.15, -0.1) is 0 Å². The third kappa shape index (κ3) is 2.23. The molecule has 0 fully saturated rings. The van der Waals surface area contributed by atoms with E-state index in [9.17, 15) is 0 Å². The van der Waals surface area contributed by atoms with Gasteiger partial charge in [0, 0.05) is 19.2 Å². The van der Waals surface area contributed by atoms with Crippen LogP contribution in [-0.2, 0) is 26.4 Å². The Morgan fingerprint density at radius 3 is 2.89 bits per heavy atom. The standard InChI is InChI=1S/C15H18BrN3/c1-17-9-13-14(16)15(19(2)18-13)12-7-6-10-4-3-5-11(10)8-12/h6-8,17H,3-5,9H2,1-2H3. The molecule has 0 atom stereocenters. The molecule has 1 heterocycles. The minimum absolute atomic E-state index is 0.777. The zero-order valence-corrected chi connectivity index (χ0v) is 12.9. The summed E-state index contributed by atoms with van der Waals surface area (Å²) in [5.74, 6) is 0. The molecule has 2 aromatic rings. The highest BCUT2D eigenvalue weighted by molar-refractivity contribution is 9.10. The van der Waals surface area contributed by atoms with Crippen LogP contribution < -0.4 is 5.32 Å². The molecule has 0 aliphatic heterocycles. The second kappa shape index (κ2) is 5.10. The van der Waals surface area contributed by atoms with Crippen LogP contribution in [0.5, 0.6) is 0 Å². The molecule has 100 valence electrons. The Labute approximate surface area is 122 Å². The van der Waals surface area contributed by atoms with Crippen LogP contribution in [0.15, 0.2) is 22.7 Å². The molecule has 1 N–H and O–H groups in total. The Hall–Kier alpha value is -1.13. The van der Waals surface area contributed by atoms with Crippen LogP contribution in [0, 0.1) is 0 Å². The summed E-state index contributed by atoms with van der Waals surface area (Å²) in [6, 6.07) is 6.82. The number of aromatic nitrogens is 2. The van der Waals surface area contributed by atoms with E-state index in [1.165, 1.54) is 41.6 Å². The lowest BCUT2D eigenvalue weighted by Gasteiger charge is -2.06. The first-order valence-corrected chi connectivity index (χ1v) is 7.48. The molecule has 1 aromatic carbocycles. The molecule has 0 bridgehead atoms. The average molecular weight is 320 g/mol. The molecule has 1 aliphatic carbocycles. The lowest BCUT2D eigenvalue weighted by Crippen LogP contribution is -2.06. The van der Waals surface area contributed by atoms with E-state index in [1.54, 1.807) is 0 Å². The minimum atomic E-state index is 0.777. The minimum Gasteiger partial charge on any atom is -0.314 e. The van der Waals surface area contributed by atoms with Crippen molar-refractivity contribution in [3.8, 4) is 11.3 Å². The van der Waals surface area contributed by atoms with E-state index < -0.39 is 0 Å². The number of rotatable bonds is 3. The van der Waals surface area contributed by atoms with Crippen molar-refractivity contribution in [3.63, 3.8) is 0 Å². The zero-order valence-electron chi connectivity index (χ0n) is 11.3. The third-order valence-corrected chi connectivity index (χ3v) is 4.60. The van der Waals surface area contributed by atoms with E-state index >= 15 is 0 Å². The number of fused-ring (bicyclic) bond motifs is 1. The van der Waals surface area contributed by atoms with Crippen LogP contribution >= 0.6 is 15.9 Å². The topological polar surface area (TPSA) is 29.9 Å². The molecule has 0 saturated heterocycles. The van der Waals surface area contributed by atoms with Crippen molar-refractivity contribution in [1.82, 2.24) is 15.1 Å². The summed E-state index contributed by atoms with van der Waals surface area (Å²) in [5.41, 5.74) is 6.49. The number of hydrogen-bond donors (Lipinski definition) is 1. The molecule has 0 amide bonds. The first-order valence-electron chi connectivity index (χ1n) is 6.69. The van der Waals surface area contributed by atoms with E-state index in [0.717, 1.165) is 16.7 Å². The van der Waals surface area contributed by atoms with E-state index in [4.69, 9.17) is 0 Å². The molecule has 0 saturated carbocycles. The highest BCUT2D eigenvalue weighted by atomic mass is 79.9. The highest BCUT2D eigenvalue weighted by Gasteiger charge is 2.17. The normalized spacial score (nSPS) is 13.8. The summed E-state index contributed by atoms with van der Waals surface area (Å²) in [6.07, 6.45) is 3.73. The summed E-state index contributed by atoms with van der Waals surface area (Å²) < 4.78 is 3.07. The Balaban J connectivity index is 2.07. The summed E-state index contributed by atoms with van der Waals surface area (Å²) in [6.45, 7) is 0.777. The molecular formula is C15H18BrN3. The number of nitrogens with one attached hydrogen (secondary N) is 1. The molecule has 0 spiro atoms. The predicted octanol–water partition coefficient (Wildman–Crippen LogP) is 3.06. The fraction of sp³-hybridized carbons (Fsp3) is 0.400. The summed E-state index contributed by atoms with van der Waals surface area (Å²) in [5, 5.41) is 7.73. The number of hydrogen-bond acceptors (Lipinski definition) is 2. The maximum atomic E-state index is 4.58. The van der Waals surface area contributed by atoms with Gasteiger partial charge in [0.25, 0.3) is 0 Å². The van der Waals surface area contributed by atoms with E-state index in [0.29, 0.717) is 0 Å². The Kier molecular flexibility index (Phi) is 3.46. The van der Waals surface area contributed by atoms with Gasteiger partial charge in [-0.2, -0.15) is 5.10 Å². The van der Waals surface area contributed by atoms with Gasteiger partial charge in [-0.1, -0.05) is 12.1 Å². The lowest BCUT2D eigenvalue weighted by atomic mass is 10.0. The van der Waals surface area contributed by atoms with Gasteiger partial charge in [-0.25, -0.2) is 0 Å². The molecular weight excluding hydrogens is 302 g/mol. The molecule has 1 aromatic heterocycles. The molecule has 1 aliphatic rings. The number of nitrogens with zero attached hydrogens (tertiary/aromatic N) is 2. The van der Waals surface area contributed by atoms with Gasteiger partial charge in [0.1, 0.15) is 0 Å². The Bertz CT molecular complexity index is 616. The summed E-state index contributed by atoms with van der Waals surface area (Å²) in [4.78, 5) is 0. The molecule has 3 rings (SSSR count). The van der Waals surface area contributed by atoms with E-state index in [2.05, 4.69) is 44.5 Å². The van der Waals surface area contributed by atoms with Gasteiger partial charge < -0.3 is 5.32 Å². The third-order valence-electron chi connectivity index (χ3n) is 3.77. The zero-order chi connectivity index (χ0) is 13.4. The first-order chi connectivity index (χ1) is 9.20. The smallest absolute Gasteiger partial charge is 0.0910 e. The fourth-order valence-corrected chi connectivity index (χ4v) is 3.57. The van der Waals surface area contributed by atoms with E-state index in [-0.39, 0.29) is 0 Å². The molecule has 3 nitrogen and oxygen atoms in total. The lowest BCUT2D eigenvalue weighted by molar-refractivity contribution is 0.715. The van der Waals surface area contributed by atoms with Crippen molar-refractivity contribution in [2.24, 2.45) is 7.05 Å². The largest absolute Gasteiger partial charge is 0.314 e. The number of benzene rings is 1. The maximum absolute atomic E-state index is 4.58. The summed E-state index contributed by atoms with van der Waals surface area (Å²) >= 11 is 3.70. The van der Waals surface area contributed by atoms with Crippen LogP contribution in [0.2, 0.25) is 0 Å². The van der Waals surface area contributed by atoms with Gasteiger partial charge in [0.05, 0.1) is 15.9 Å². The Morgan fingerprint density at radius 2 is 2.11 bits per heavy atom. The van der Waals surface area contributed by atoms with Gasteiger partial charge >= 0.3 is 0 Å². The van der Waals surface area contributed by atoms with Crippen LogP contribution in [-0.4, -0.2) is 16.8 Å². The monoisotopic (exact) mass is 319 g/mol. The van der Waals surface area contributed by atoms with Gasteiger partial charge in [0.2, 0.25) is 0 Å². The van der Waals surface area contributed by atoms with Crippen molar-refractivity contribution < 1.29 is 0 Å². The second-order valence-electron chi connectivity index (χ2n) is 5.10. The average Bonchev–Trinajstić information content (AvgIpc) is 2.95. The van der Waals surface area contributed by atoms with Crippen molar-refractivity contribution in [2.45, 2.75) is 25.8 Å². The number of aryl methyl sites for hydroxylation is 3. The molecule has 0 unspecified atom stereocenters. The van der Waals surface area contributed by atoms with Crippen LogP contribution in [0.25, 0.3) is 11.3 Å². The van der Waals surface area contributed by atoms with Crippen LogP contribution in [0.4, 0.5) is 0 Å². The van der Waals surface area contributed by atoms with Crippen molar-refractivity contribution in [2.75, 3.05) is 7.05 Å². The quantitative estimate of drug-likeness (QED) is 0.942. The number of halogens is 1. The van der Waals surface area contributed by atoms with Crippen molar-refractivity contribution in [1.29, 1.82) is 0 Å². The first kappa shape index (κ1) is 12.9. The predicted molar refractivity (Wildman–Crippen MR) is 81.1 cm³/mol. The molecule has 4 heteroatoms. The van der Waals surface area contributed by atoms with Gasteiger partial charge in [-0.05, 0) is 59.4 Å². The van der Waals surface area contributed by atoms with Gasteiger partial charge in [-0.3, -0.25) is 4.68 Å². The SMILES string of the molecule is CNCc1nn(C)c(-c2ccc3c(c2)CCC3)c1Br. The molecule has 19 heavy (non-hydrogen) atoms. The summed E-state index contributed by atoms with van der Waals surface area (Å²) in [7, 11) is 3.95. The van der Waals surface area contributed by atoms with Crippen molar-refractivity contribution in [3.05, 3.63) is 39.5 Å². The van der Waals surface area contributed by atoms with Crippen molar-refractivity contribution >= 4 is 15.9 Å². The Morgan fingerprint density at radius 1 is 1.32 bits per heavy atom. The maximum Gasteiger partial charge on any atom is 0.0910 e. The van der Waals surface area contributed by atoms with Gasteiger partial charge in [0.15, 0.2) is 0 Å². The molecule has 0 radical (unpaired) electrons. The fourth-order valence-electron chi connectivity index (χ4n) is 2.87.